The molecule has 4 rings (SSSR count). The molecule has 0 radical (unpaired) electrons. The summed E-state index contributed by atoms with van der Waals surface area (Å²) in [6.07, 6.45) is 2.38. The summed E-state index contributed by atoms with van der Waals surface area (Å²) < 4.78 is 5.38. The molecule has 34 heavy (non-hydrogen) atoms. The van der Waals surface area contributed by atoms with Crippen molar-refractivity contribution >= 4 is 29.7 Å². The van der Waals surface area contributed by atoms with E-state index in [0.29, 0.717) is 6.04 Å². The number of pyridine rings is 1. The molecule has 0 spiro atoms. The summed E-state index contributed by atoms with van der Waals surface area (Å²) in [5, 5.41) is 24.1. The van der Waals surface area contributed by atoms with Crippen molar-refractivity contribution in [3.8, 4) is 5.75 Å². The SMILES string of the molecule is COc1ccc2c(C)cc(N3CCC(N4CCN(CCO)CC4)CC3)nc2c1.O=CO.O=CO. The number of hydrogen-bond acceptors (Lipinski definition) is 8. The first-order valence-electron chi connectivity index (χ1n) is 11.4. The quantitative estimate of drug-likeness (QED) is 0.547. The predicted octanol–water partition coefficient (Wildman–Crippen LogP) is 1.53. The first kappa shape index (κ1) is 27.3. The molecule has 0 unspecified atom stereocenters. The van der Waals surface area contributed by atoms with Crippen LogP contribution in [0.1, 0.15) is 18.4 Å². The molecule has 2 aliphatic rings. The van der Waals surface area contributed by atoms with Gasteiger partial charge in [-0.25, -0.2) is 4.98 Å². The van der Waals surface area contributed by atoms with Crippen LogP contribution >= 0.6 is 0 Å². The van der Waals surface area contributed by atoms with Crippen molar-refractivity contribution in [3.05, 3.63) is 29.8 Å². The maximum absolute atomic E-state index is 9.11. The van der Waals surface area contributed by atoms with E-state index in [4.69, 9.17) is 34.6 Å². The van der Waals surface area contributed by atoms with Crippen LogP contribution < -0.4 is 9.64 Å². The van der Waals surface area contributed by atoms with E-state index in [0.717, 1.165) is 62.9 Å². The van der Waals surface area contributed by atoms with Crippen LogP contribution in [0.25, 0.3) is 10.9 Å². The van der Waals surface area contributed by atoms with E-state index < -0.39 is 0 Å². The second-order valence-electron chi connectivity index (χ2n) is 8.21. The van der Waals surface area contributed by atoms with Gasteiger partial charge in [0.2, 0.25) is 0 Å². The smallest absolute Gasteiger partial charge is 0.290 e. The zero-order valence-corrected chi connectivity index (χ0v) is 20.0. The predicted molar refractivity (Wildman–Crippen MR) is 131 cm³/mol. The number of β-amino-alcohol motifs (C(OH)–C–C–N with tert-alkyl or cyclic N) is 1. The molecule has 0 atom stereocenters. The number of aliphatic hydroxyl groups is 1. The highest BCUT2D eigenvalue weighted by Crippen LogP contribution is 2.28. The molecule has 188 valence electrons. The van der Waals surface area contributed by atoms with Crippen LogP contribution in [0.4, 0.5) is 5.82 Å². The van der Waals surface area contributed by atoms with Crippen LogP contribution in [0, 0.1) is 6.92 Å². The molecule has 1 aromatic heterocycles. The zero-order chi connectivity index (χ0) is 24.9. The van der Waals surface area contributed by atoms with Crippen LogP contribution in [-0.2, 0) is 9.59 Å². The number of benzene rings is 1. The summed E-state index contributed by atoms with van der Waals surface area (Å²) in [6, 6.07) is 9.03. The van der Waals surface area contributed by atoms with E-state index in [2.05, 4.69) is 33.8 Å². The maximum Gasteiger partial charge on any atom is 0.290 e. The highest BCUT2D eigenvalue weighted by molar-refractivity contribution is 5.85. The number of anilines is 1. The summed E-state index contributed by atoms with van der Waals surface area (Å²) >= 11 is 0. The number of aryl methyl sites for hydroxylation is 1. The highest BCUT2D eigenvalue weighted by Gasteiger charge is 2.28. The lowest BCUT2D eigenvalue weighted by Gasteiger charge is -2.43. The minimum Gasteiger partial charge on any atom is -0.497 e. The van der Waals surface area contributed by atoms with Crippen molar-refractivity contribution in [2.45, 2.75) is 25.8 Å². The summed E-state index contributed by atoms with van der Waals surface area (Å²) in [5.74, 6) is 1.94. The number of piperazine rings is 1. The number of aromatic nitrogens is 1. The van der Waals surface area contributed by atoms with E-state index in [1.807, 2.05) is 12.1 Å². The van der Waals surface area contributed by atoms with Crippen molar-refractivity contribution in [1.29, 1.82) is 0 Å². The minimum atomic E-state index is -0.250. The number of hydrogen-bond donors (Lipinski definition) is 3. The molecule has 2 aliphatic heterocycles. The number of fused-ring (bicyclic) bond motifs is 1. The van der Waals surface area contributed by atoms with Crippen LogP contribution in [0.5, 0.6) is 5.75 Å². The van der Waals surface area contributed by atoms with E-state index in [9.17, 15) is 0 Å². The number of nitrogens with zero attached hydrogens (tertiary/aromatic N) is 4. The van der Waals surface area contributed by atoms with E-state index >= 15 is 0 Å². The standard InChI is InChI=1S/C22H32N4O2.2CH2O2/c1-17-15-22(23-21-16-19(28-2)3-4-20(17)21)26-7-5-18(6-8-26)25-11-9-24(10-12-25)13-14-27;2*2-1-3/h3-4,15-16,18,27H,5-14H2,1-2H3;2*1H,(H,2,3). The monoisotopic (exact) mass is 476 g/mol. The van der Waals surface area contributed by atoms with Crippen molar-refractivity contribution < 1.29 is 29.6 Å². The normalized spacial score (nSPS) is 17.2. The van der Waals surface area contributed by atoms with Gasteiger partial charge in [0.1, 0.15) is 11.6 Å². The third-order valence-electron chi connectivity index (χ3n) is 6.34. The first-order valence-corrected chi connectivity index (χ1v) is 11.4. The Hall–Kier alpha value is -2.95. The van der Waals surface area contributed by atoms with Crippen molar-refractivity contribution in [1.82, 2.24) is 14.8 Å². The highest BCUT2D eigenvalue weighted by atomic mass is 16.5. The average molecular weight is 477 g/mol. The van der Waals surface area contributed by atoms with Crippen LogP contribution in [0.2, 0.25) is 0 Å². The number of piperidine rings is 1. The third-order valence-corrected chi connectivity index (χ3v) is 6.34. The van der Waals surface area contributed by atoms with E-state index in [1.54, 1.807) is 7.11 Å². The third kappa shape index (κ3) is 7.54. The fourth-order valence-electron chi connectivity index (χ4n) is 4.61. The lowest BCUT2D eigenvalue weighted by Crippen LogP contribution is -2.53. The Morgan fingerprint density at radius 3 is 2.21 bits per heavy atom. The van der Waals surface area contributed by atoms with Crippen LogP contribution in [-0.4, -0.2) is 109 Å². The van der Waals surface area contributed by atoms with Gasteiger partial charge in [-0.3, -0.25) is 19.4 Å². The Balaban J connectivity index is 0.000000618. The maximum atomic E-state index is 9.11. The molecule has 10 nitrogen and oxygen atoms in total. The summed E-state index contributed by atoms with van der Waals surface area (Å²) in [6.45, 7) is 9.26. The number of rotatable bonds is 5. The van der Waals surface area contributed by atoms with Gasteiger partial charge in [-0.15, -0.1) is 0 Å². The Morgan fingerprint density at radius 2 is 1.65 bits per heavy atom. The van der Waals surface area contributed by atoms with Gasteiger partial charge in [-0.05, 0) is 43.5 Å². The van der Waals surface area contributed by atoms with Gasteiger partial charge in [-0.1, -0.05) is 0 Å². The molecule has 0 amide bonds. The van der Waals surface area contributed by atoms with E-state index in [1.165, 1.54) is 23.8 Å². The molecule has 1 aromatic carbocycles. The second-order valence-corrected chi connectivity index (χ2v) is 8.21. The summed E-state index contributed by atoms with van der Waals surface area (Å²) in [5.41, 5.74) is 2.28. The van der Waals surface area contributed by atoms with Gasteiger partial charge in [-0.2, -0.15) is 0 Å². The summed E-state index contributed by atoms with van der Waals surface area (Å²) in [7, 11) is 1.70. The molecule has 10 heteroatoms. The van der Waals surface area contributed by atoms with Crippen molar-refractivity contribution in [3.63, 3.8) is 0 Å². The molecule has 2 saturated heterocycles. The first-order chi connectivity index (χ1) is 16.5. The van der Waals surface area contributed by atoms with Gasteiger partial charge >= 0.3 is 0 Å². The molecule has 0 saturated carbocycles. The molecule has 0 aliphatic carbocycles. The van der Waals surface area contributed by atoms with Crippen LogP contribution in [0.3, 0.4) is 0 Å². The number of carbonyl (C=O) groups is 2. The molecule has 3 heterocycles. The molecule has 2 aromatic rings. The van der Waals surface area contributed by atoms with Gasteiger partial charge < -0.3 is 25.0 Å². The fraction of sp³-hybridized carbons (Fsp3) is 0.542. The zero-order valence-electron chi connectivity index (χ0n) is 20.0. The van der Waals surface area contributed by atoms with Crippen molar-refractivity contribution in [2.75, 3.05) is 64.4 Å². The molecular weight excluding hydrogens is 440 g/mol. The molecule has 2 fully saturated rings. The van der Waals surface area contributed by atoms with Crippen molar-refractivity contribution in [2.24, 2.45) is 0 Å². The van der Waals surface area contributed by atoms with Gasteiger partial charge in [0, 0.05) is 63.3 Å². The number of aliphatic hydroxyl groups excluding tert-OH is 1. The number of methoxy groups -OCH3 is 1. The minimum absolute atomic E-state index is 0.250. The lowest BCUT2D eigenvalue weighted by molar-refractivity contribution is -0.123. The number of ether oxygens (including phenoxy) is 1. The Morgan fingerprint density at radius 1 is 1.03 bits per heavy atom. The van der Waals surface area contributed by atoms with Gasteiger partial charge in [0.25, 0.3) is 12.9 Å². The molecular formula is C24H36N4O6. The topological polar surface area (TPSA) is 127 Å². The fourth-order valence-corrected chi connectivity index (χ4v) is 4.61. The van der Waals surface area contributed by atoms with Crippen LogP contribution in [0.15, 0.2) is 24.3 Å². The summed E-state index contributed by atoms with van der Waals surface area (Å²) in [4.78, 5) is 29.1. The number of carboxylic acid groups (broad SMARTS) is 2. The Bertz CT molecular complexity index is 890. The lowest BCUT2D eigenvalue weighted by atomic mass is 10.0. The second kappa shape index (κ2) is 14.3. The largest absolute Gasteiger partial charge is 0.497 e. The molecule has 3 N–H and O–H groups in total. The molecule has 0 bridgehead atoms. The Kier molecular flexibility index (Phi) is 11.5. The van der Waals surface area contributed by atoms with E-state index in [-0.39, 0.29) is 19.6 Å². The van der Waals surface area contributed by atoms with Gasteiger partial charge in [0.15, 0.2) is 0 Å². The van der Waals surface area contributed by atoms with Gasteiger partial charge in [0.05, 0.1) is 19.2 Å². The average Bonchev–Trinajstić information content (AvgIpc) is 2.85. The Labute approximate surface area is 200 Å².